The van der Waals surface area contributed by atoms with Crippen LogP contribution in [0.1, 0.15) is 44.4 Å². The van der Waals surface area contributed by atoms with Gasteiger partial charge in [-0.05, 0) is 30.4 Å². The van der Waals surface area contributed by atoms with E-state index in [1.54, 1.807) is 0 Å². The second-order valence-electron chi connectivity index (χ2n) is 6.37. The molecule has 0 spiro atoms. The predicted octanol–water partition coefficient (Wildman–Crippen LogP) is 2.40. The molecule has 0 radical (unpaired) electrons. The molecule has 5 nitrogen and oxygen atoms in total. The van der Waals surface area contributed by atoms with Crippen molar-refractivity contribution in [2.75, 3.05) is 13.2 Å². The van der Waals surface area contributed by atoms with Gasteiger partial charge in [0.25, 0.3) is 0 Å². The van der Waals surface area contributed by atoms with E-state index in [4.69, 9.17) is 4.74 Å². The summed E-state index contributed by atoms with van der Waals surface area (Å²) in [6.45, 7) is 7.45. The monoisotopic (exact) mass is 320 g/mol. The molecule has 3 atom stereocenters. The first-order chi connectivity index (χ1) is 11.0. The molecule has 0 aliphatic heterocycles. The molecule has 23 heavy (non-hydrogen) atoms. The fourth-order valence-electron chi connectivity index (χ4n) is 3.09. The van der Waals surface area contributed by atoms with Crippen molar-refractivity contribution >= 4 is 6.03 Å². The Morgan fingerprint density at radius 2 is 2.13 bits per heavy atom. The predicted molar refractivity (Wildman–Crippen MR) is 90.3 cm³/mol. The Balaban J connectivity index is 1.81. The Morgan fingerprint density at radius 1 is 1.39 bits per heavy atom. The van der Waals surface area contributed by atoms with Crippen LogP contribution >= 0.6 is 0 Å². The van der Waals surface area contributed by atoms with E-state index in [9.17, 15) is 9.90 Å². The molecule has 0 fully saturated rings. The van der Waals surface area contributed by atoms with Crippen LogP contribution in [-0.2, 0) is 11.2 Å². The van der Waals surface area contributed by atoms with Gasteiger partial charge < -0.3 is 20.5 Å². The van der Waals surface area contributed by atoms with Crippen molar-refractivity contribution in [2.24, 2.45) is 5.92 Å². The number of aliphatic hydroxyl groups excluding tert-OH is 1. The fourth-order valence-corrected chi connectivity index (χ4v) is 3.09. The number of benzene rings is 1. The molecular weight excluding hydrogens is 292 g/mol. The van der Waals surface area contributed by atoms with Crippen molar-refractivity contribution in [2.45, 2.75) is 51.9 Å². The summed E-state index contributed by atoms with van der Waals surface area (Å²) in [5.74, 6) is 0.420. The van der Waals surface area contributed by atoms with Gasteiger partial charge in [-0.15, -0.1) is 0 Å². The number of aliphatic hydroxyl groups is 1. The van der Waals surface area contributed by atoms with Crippen LogP contribution in [-0.4, -0.2) is 36.5 Å². The molecule has 2 rings (SSSR count). The van der Waals surface area contributed by atoms with Gasteiger partial charge in [0, 0.05) is 19.6 Å². The summed E-state index contributed by atoms with van der Waals surface area (Å²) >= 11 is 0. The second kappa shape index (κ2) is 8.31. The van der Waals surface area contributed by atoms with Crippen molar-refractivity contribution < 1.29 is 14.6 Å². The number of carbonyl (C=O) groups is 1. The van der Waals surface area contributed by atoms with E-state index in [1.165, 1.54) is 0 Å². The molecule has 1 aromatic carbocycles. The zero-order valence-corrected chi connectivity index (χ0v) is 14.2. The molecule has 0 heterocycles. The average molecular weight is 320 g/mol. The van der Waals surface area contributed by atoms with Gasteiger partial charge in [-0.2, -0.15) is 0 Å². The lowest BCUT2D eigenvalue weighted by molar-refractivity contribution is 0.0255. The van der Waals surface area contributed by atoms with E-state index in [0.29, 0.717) is 25.5 Å². The number of ether oxygens (including phenoxy) is 1. The fraction of sp³-hybridized carbons (Fsp3) is 0.611. The smallest absolute Gasteiger partial charge is 0.315 e. The first kappa shape index (κ1) is 17.8. The van der Waals surface area contributed by atoms with Crippen molar-refractivity contribution in [3.05, 3.63) is 35.4 Å². The number of carbonyl (C=O) groups excluding carboxylic acids is 1. The van der Waals surface area contributed by atoms with Gasteiger partial charge in [-0.3, -0.25) is 0 Å². The average Bonchev–Trinajstić information content (AvgIpc) is 2.82. The van der Waals surface area contributed by atoms with E-state index in [2.05, 4.69) is 24.5 Å². The number of hydrogen-bond acceptors (Lipinski definition) is 3. The Morgan fingerprint density at radius 3 is 2.83 bits per heavy atom. The largest absolute Gasteiger partial charge is 0.390 e. The van der Waals surface area contributed by atoms with Crippen molar-refractivity contribution in [1.29, 1.82) is 0 Å². The van der Waals surface area contributed by atoms with Gasteiger partial charge in [-0.1, -0.05) is 38.1 Å². The van der Waals surface area contributed by atoms with Crippen LogP contribution in [0.2, 0.25) is 0 Å². The van der Waals surface area contributed by atoms with Crippen LogP contribution in [0.4, 0.5) is 4.79 Å². The van der Waals surface area contributed by atoms with Crippen LogP contribution < -0.4 is 10.6 Å². The third-order valence-corrected chi connectivity index (χ3v) is 4.33. The highest BCUT2D eigenvalue weighted by Crippen LogP contribution is 2.30. The van der Waals surface area contributed by atoms with Gasteiger partial charge in [-0.25, -0.2) is 4.79 Å². The zero-order chi connectivity index (χ0) is 16.8. The summed E-state index contributed by atoms with van der Waals surface area (Å²) in [6, 6.07) is 7.25. The van der Waals surface area contributed by atoms with E-state index >= 15 is 0 Å². The highest BCUT2D eigenvalue weighted by molar-refractivity contribution is 5.74. The van der Waals surface area contributed by atoms with E-state index in [-0.39, 0.29) is 18.2 Å². The lowest BCUT2D eigenvalue weighted by Gasteiger charge is -2.22. The quantitative estimate of drug-likeness (QED) is 0.722. The maximum absolute atomic E-state index is 12.1. The van der Waals surface area contributed by atoms with Crippen LogP contribution in [0.15, 0.2) is 24.3 Å². The number of urea groups is 1. The molecule has 2 amide bonds. The molecule has 128 valence electrons. The molecule has 3 N–H and O–H groups in total. The van der Waals surface area contributed by atoms with Gasteiger partial charge in [0.1, 0.15) is 0 Å². The minimum Gasteiger partial charge on any atom is -0.390 e. The van der Waals surface area contributed by atoms with E-state index in [0.717, 1.165) is 17.5 Å². The summed E-state index contributed by atoms with van der Waals surface area (Å²) in [5.41, 5.74) is 2.10. The number of fused-ring (bicyclic) bond motifs is 1. The minimum atomic E-state index is -0.565. The summed E-state index contributed by atoms with van der Waals surface area (Å²) in [4.78, 5) is 12.1. The van der Waals surface area contributed by atoms with Gasteiger partial charge in [0.15, 0.2) is 0 Å². The Bertz CT molecular complexity index is 519. The number of amides is 2. The third kappa shape index (κ3) is 4.69. The number of nitrogens with one attached hydrogen (secondary N) is 2. The summed E-state index contributed by atoms with van der Waals surface area (Å²) < 4.78 is 5.67. The Kier molecular flexibility index (Phi) is 6.42. The molecule has 0 bridgehead atoms. The normalized spacial score (nSPS) is 21.1. The maximum Gasteiger partial charge on any atom is 0.315 e. The Labute approximate surface area is 138 Å². The second-order valence-corrected chi connectivity index (χ2v) is 6.37. The lowest BCUT2D eigenvalue weighted by atomic mass is 10.0. The number of hydrogen-bond donors (Lipinski definition) is 3. The van der Waals surface area contributed by atoms with Crippen LogP contribution in [0.25, 0.3) is 0 Å². The zero-order valence-electron chi connectivity index (χ0n) is 14.2. The highest BCUT2D eigenvalue weighted by atomic mass is 16.5. The first-order valence-electron chi connectivity index (χ1n) is 8.44. The van der Waals surface area contributed by atoms with Crippen molar-refractivity contribution in [1.82, 2.24) is 10.6 Å². The van der Waals surface area contributed by atoms with Crippen molar-refractivity contribution in [3.63, 3.8) is 0 Å². The third-order valence-electron chi connectivity index (χ3n) is 4.33. The molecule has 0 saturated carbocycles. The molecule has 5 heteroatoms. The summed E-state index contributed by atoms with van der Waals surface area (Å²) in [6.07, 6.45) is 0.951. The van der Waals surface area contributed by atoms with Gasteiger partial charge >= 0.3 is 6.03 Å². The molecule has 0 saturated heterocycles. The molecule has 1 aliphatic carbocycles. The first-order valence-corrected chi connectivity index (χ1v) is 8.44. The van der Waals surface area contributed by atoms with Crippen LogP contribution in [0, 0.1) is 5.92 Å². The maximum atomic E-state index is 12.1. The van der Waals surface area contributed by atoms with Crippen LogP contribution in [0.3, 0.4) is 0 Å². The van der Waals surface area contributed by atoms with Gasteiger partial charge in [0.2, 0.25) is 0 Å². The topological polar surface area (TPSA) is 70.6 Å². The Hall–Kier alpha value is -1.59. The highest BCUT2D eigenvalue weighted by Gasteiger charge is 2.31. The van der Waals surface area contributed by atoms with Crippen molar-refractivity contribution in [3.8, 4) is 0 Å². The molecule has 1 unspecified atom stereocenters. The molecule has 1 aliphatic rings. The van der Waals surface area contributed by atoms with E-state index in [1.807, 2.05) is 31.2 Å². The lowest BCUT2D eigenvalue weighted by Crippen LogP contribution is -2.42. The summed E-state index contributed by atoms with van der Waals surface area (Å²) in [5, 5.41) is 15.9. The minimum absolute atomic E-state index is 0.151. The molecule has 1 aromatic rings. The van der Waals surface area contributed by atoms with Crippen LogP contribution in [0.5, 0.6) is 0 Å². The molecule has 0 aromatic heterocycles. The SMILES string of the molecule is CCOC(CCNC(=O)N[C@H]1c2ccccc2C[C@H]1O)C(C)C. The number of rotatable bonds is 7. The molecular formula is C18H28N2O3. The summed E-state index contributed by atoms with van der Waals surface area (Å²) in [7, 11) is 0. The van der Waals surface area contributed by atoms with E-state index < -0.39 is 6.10 Å². The van der Waals surface area contributed by atoms with Gasteiger partial charge in [0.05, 0.1) is 18.2 Å². The standard InChI is InChI=1S/C18H28N2O3/c1-4-23-16(12(2)3)9-10-19-18(22)20-17-14-8-6-5-7-13(14)11-15(17)21/h5-8,12,15-17,21H,4,9-11H2,1-3H3,(H2,19,20,22)/t15-,16?,17+/m1/s1.